The highest BCUT2D eigenvalue weighted by atomic mass is 16.5. The van der Waals surface area contributed by atoms with Gasteiger partial charge in [0.25, 0.3) is 0 Å². The van der Waals surface area contributed by atoms with Gasteiger partial charge in [0.05, 0.1) is 6.54 Å². The molecular formula is C9H12N2O. The molecule has 0 radical (unpaired) electrons. The number of hydrogen-bond acceptors (Lipinski definition) is 3. The fraction of sp³-hybridized carbons (Fsp3) is 0.444. The van der Waals surface area contributed by atoms with Gasteiger partial charge in [-0.15, -0.1) is 6.42 Å². The highest BCUT2D eigenvalue weighted by molar-refractivity contribution is 5.39. The molecular weight excluding hydrogens is 152 g/mol. The van der Waals surface area contributed by atoms with E-state index in [4.69, 9.17) is 10.9 Å². The Bertz CT molecular complexity index is 285. The summed E-state index contributed by atoms with van der Waals surface area (Å²) in [5.74, 6) is 4.19. The van der Waals surface area contributed by atoms with E-state index in [-0.39, 0.29) is 0 Å². The molecule has 0 saturated heterocycles. The molecule has 64 valence electrons. The lowest BCUT2D eigenvalue weighted by Crippen LogP contribution is -2.22. The maximum atomic E-state index is 5.20. The minimum atomic E-state index is 0.572. The zero-order valence-corrected chi connectivity index (χ0v) is 7.37. The maximum absolute atomic E-state index is 5.20. The molecule has 0 spiro atoms. The van der Waals surface area contributed by atoms with Gasteiger partial charge >= 0.3 is 0 Å². The molecule has 0 unspecified atom stereocenters. The van der Waals surface area contributed by atoms with Crippen LogP contribution in [0.4, 0.5) is 5.82 Å². The Balaban J connectivity index is 2.74. The number of hydrogen-bond donors (Lipinski definition) is 0. The van der Waals surface area contributed by atoms with Gasteiger partial charge in [0.1, 0.15) is 5.76 Å². The second-order valence-electron chi connectivity index (χ2n) is 2.51. The lowest BCUT2D eigenvalue weighted by molar-refractivity contribution is 0.397. The molecule has 0 fully saturated rings. The van der Waals surface area contributed by atoms with Gasteiger partial charge in [0.2, 0.25) is 0 Å². The van der Waals surface area contributed by atoms with Gasteiger partial charge in [-0.05, 0) is 13.8 Å². The molecule has 0 aromatic carbocycles. The Labute approximate surface area is 72.3 Å². The second-order valence-corrected chi connectivity index (χ2v) is 2.51. The predicted octanol–water partition coefficient (Wildman–Crippen LogP) is 1.44. The van der Waals surface area contributed by atoms with Crippen molar-refractivity contribution in [3.8, 4) is 12.3 Å². The van der Waals surface area contributed by atoms with E-state index in [2.05, 4.69) is 11.1 Å². The van der Waals surface area contributed by atoms with Crippen molar-refractivity contribution >= 4 is 5.82 Å². The summed E-state index contributed by atoms with van der Waals surface area (Å²) < 4.78 is 4.93. The van der Waals surface area contributed by atoms with E-state index in [1.807, 2.05) is 24.8 Å². The zero-order valence-electron chi connectivity index (χ0n) is 7.37. The molecule has 3 heteroatoms. The van der Waals surface area contributed by atoms with Gasteiger partial charge in [-0.1, -0.05) is 11.1 Å². The van der Waals surface area contributed by atoms with Crippen LogP contribution in [0.3, 0.4) is 0 Å². The molecule has 0 bridgehead atoms. The van der Waals surface area contributed by atoms with Crippen molar-refractivity contribution in [3.05, 3.63) is 11.8 Å². The molecule has 0 N–H and O–H groups in total. The van der Waals surface area contributed by atoms with Crippen LogP contribution in [-0.4, -0.2) is 18.2 Å². The molecule has 0 aliphatic heterocycles. The van der Waals surface area contributed by atoms with Gasteiger partial charge < -0.3 is 9.42 Å². The average molecular weight is 164 g/mol. The Morgan fingerprint density at radius 1 is 1.75 bits per heavy atom. The highest BCUT2D eigenvalue weighted by Gasteiger charge is 2.06. The van der Waals surface area contributed by atoms with Crippen LogP contribution in [0.1, 0.15) is 12.7 Å². The Morgan fingerprint density at radius 2 is 2.50 bits per heavy atom. The zero-order chi connectivity index (χ0) is 8.97. The summed E-state index contributed by atoms with van der Waals surface area (Å²) in [5, 5.41) is 3.86. The molecule has 0 aliphatic carbocycles. The van der Waals surface area contributed by atoms with Gasteiger partial charge in [-0.2, -0.15) is 0 Å². The van der Waals surface area contributed by atoms with Crippen molar-refractivity contribution in [1.29, 1.82) is 0 Å². The van der Waals surface area contributed by atoms with Gasteiger partial charge in [-0.25, -0.2) is 0 Å². The van der Waals surface area contributed by atoms with Crippen LogP contribution in [0.25, 0.3) is 0 Å². The largest absolute Gasteiger partial charge is 0.360 e. The number of rotatable bonds is 3. The SMILES string of the molecule is C#CCN(CC)c1cc(C)on1. The van der Waals surface area contributed by atoms with Crippen LogP contribution >= 0.6 is 0 Å². The summed E-state index contributed by atoms with van der Waals surface area (Å²) in [5.41, 5.74) is 0. The minimum absolute atomic E-state index is 0.572. The molecule has 3 nitrogen and oxygen atoms in total. The van der Waals surface area contributed by atoms with Gasteiger partial charge in [-0.3, -0.25) is 0 Å². The van der Waals surface area contributed by atoms with E-state index >= 15 is 0 Å². The molecule has 0 atom stereocenters. The van der Waals surface area contributed by atoms with Crippen molar-refractivity contribution < 1.29 is 4.52 Å². The third kappa shape index (κ3) is 1.79. The summed E-state index contributed by atoms with van der Waals surface area (Å²) in [6.07, 6.45) is 5.20. The normalized spacial score (nSPS) is 9.42. The smallest absolute Gasteiger partial charge is 0.172 e. The third-order valence-electron chi connectivity index (χ3n) is 1.60. The third-order valence-corrected chi connectivity index (χ3v) is 1.60. The van der Waals surface area contributed by atoms with Crippen molar-refractivity contribution in [2.75, 3.05) is 18.0 Å². The first-order chi connectivity index (χ1) is 5.77. The standard InChI is InChI=1S/C9H12N2O/c1-4-6-11(5-2)9-7-8(3)12-10-9/h1,7H,5-6H2,2-3H3. The minimum Gasteiger partial charge on any atom is -0.360 e. The van der Waals surface area contributed by atoms with Crippen molar-refractivity contribution in [1.82, 2.24) is 5.16 Å². The van der Waals surface area contributed by atoms with Crippen LogP contribution in [0.15, 0.2) is 10.6 Å². The molecule has 0 saturated carbocycles. The molecule has 0 amide bonds. The molecule has 12 heavy (non-hydrogen) atoms. The number of terminal acetylenes is 1. The van der Waals surface area contributed by atoms with Crippen LogP contribution in [0.5, 0.6) is 0 Å². The lowest BCUT2D eigenvalue weighted by atomic mass is 10.4. The Morgan fingerprint density at radius 3 is 2.92 bits per heavy atom. The predicted molar refractivity (Wildman–Crippen MR) is 48.0 cm³/mol. The Kier molecular flexibility index (Phi) is 2.76. The van der Waals surface area contributed by atoms with Crippen LogP contribution in [-0.2, 0) is 0 Å². The van der Waals surface area contributed by atoms with Gasteiger partial charge in [0, 0.05) is 12.6 Å². The highest BCUT2D eigenvalue weighted by Crippen LogP contribution is 2.12. The number of anilines is 1. The van der Waals surface area contributed by atoms with E-state index < -0.39 is 0 Å². The van der Waals surface area contributed by atoms with E-state index in [9.17, 15) is 0 Å². The fourth-order valence-electron chi connectivity index (χ4n) is 0.967. The van der Waals surface area contributed by atoms with E-state index in [1.54, 1.807) is 0 Å². The fourth-order valence-corrected chi connectivity index (χ4v) is 0.967. The first-order valence-electron chi connectivity index (χ1n) is 3.89. The monoisotopic (exact) mass is 164 g/mol. The van der Waals surface area contributed by atoms with Crippen LogP contribution in [0.2, 0.25) is 0 Å². The lowest BCUT2D eigenvalue weighted by Gasteiger charge is -2.15. The summed E-state index contributed by atoms with van der Waals surface area (Å²) in [4.78, 5) is 1.97. The van der Waals surface area contributed by atoms with Crippen molar-refractivity contribution in [2.45, 2.75) is 13.8 Å². The van der Waals surface area contributed by atoms with Crippen LogP contribution in [0, 0.1) is 19.3 Å². The molecule has 1 aromatic heterocycles. The second kappa shape index (κ2) is 3.82. The molecule has 0 aliphatic rings. The van der Waals surface area contributed by atoms with Gasteiger partial charge in [0.15, 0.2) is 5.82 Å². The molecule has 1 aromatic rings. The van der Waals surface area contributed by atoms with Crippen molar-refractivity contribution in [3.63, 3.8) is 0 Å². The summed E-state index contributed by atoms with van der Waals surface area (Å²) in [6, 6.07) is 1.88. The molecule has 1 heterocycles. The maximum Gasteiger partial charge on any atom is 0.172 e. The summed E-state index contributed by atoms with van der Waals surface area (Å²) in [7, 11) is 0. The Hall–Kier alpha value is -1.43. The first-order valence-corrected chi connectivity index (χ1v) is 3.89. The van der Waals surface area contributed by atoms with E-state index in [0.29, 0.717) is 6.54 Å². The quantitative estimate of drug-likeness (QED) is 0.633. The number of aromatic nitrogens is 1. The first kappa shape index (κ1) is 8.66. The topological polar surface area (TPSA) is 29.3 Å². The van der Waals surface area contributed by atoms with Crippen LogP contribution < -0.4 is 4.90 Å². The van der Waals surface area contributed by atoms with E-state index in [0.717, 1.165) is 18.1 Å². The van der Waals surface area contributed by atoms with E-state index in [1.165, 1.54) is 0 Å². The number of nitrogens with zero attached hydrogens (tertiary/aromatic N) is 2. The summed E-state index contributed by atoms with van der Waals surface area (Å²) in [6.45, 7) is 5.31. The van der Waals surface area contributed by atoms with Crippen molar-refractivity contribution in [2.24, 2.45) is 0 Å². The summed E-state index contributed by atoms with van der Waals surface area (Å²) >= 11 is 0. The average Bonchev–Trinajstić information content (AvgIpc) is 2.47. The number of aryl methyl sites for hydroxylation is 1. The molecule has 1 rings (SSSR count).